The SMILES string of the molecule is CC(Cl)c1nnnn1C1CSCC1C. The second-order valence-corrected chi connectivity index (χ2v) is 5.41. The van der Waals surface area contributed by atoms with Gasteiger partial charge in [0.15, 0.2) is 5.82 Å². The molecule has 1 aromatic rings. The van der Waals surface area contributed by atoms with Crippen LogP contribution in [0.5, 0.6) is 0 Å². The van der Waals surface area contributed by atoms with Gasteiger partial charge >= 0.3 is 0 Å². The molecule has 0 N–H and O–H groups in total. The molecule has 1 fully saturated rings. The maximum Gasteiger partial charge on any atom is 0.169 e. The molecule has 0 saturated carbocycles. The first-order valence-electron chi connectivity index (χ1n) is 4.69. The summed E-state index contributed by atoms with van der Waals surface area (Å²) >= 11 is 7.96. The van der Waals surface area contributed by atoms with Crippen LogP contribution in [0.2, 0.25) is 0 Å². The molecule has 1 aromatic heterocycles. The van der Waals surface area contributed by atoms with Crippen LogP contribution >= 0.6 is 23.4 Å². The van der Waals surface area contributed by atoms with Crippen LogP contribution in [0.4, 0.5) is 0 Å². The first-order valence-corrected chi connectivity index (χ1v) is 6.29. The Morgan fingerprint density at radius 3 is 2.93 bits per heavy atom. The number of alkyl halides is 1. The van der Waals surface area contributed by atoms with Crippen LogP contribution in [0.1, 0.15) is 31.1 Å². The highest BCUT2D eigenvalue weighted by molar-refractivity contribution is 7.99. The second-order valence-electron chi connectivity index (χ2n) is 3.68. The van der Waals surface area contributed by atoms with Gasteiger partial charge in [-0.3, -0.25) is 0 Å². The van der Waals surface area contributed by atoms with E-state index in [2.05, 4.69) is 22.4 Å². The fourth-order valence-corrected chi connectivity index (χ4v) is 3.25. The zero-order valence-corrected chi connectivity index (χ0v) is 9.79. The molecule has 0 aromatic carbocycles. The van der Waals surface area contributed by atoms with Gasteiger partial charge in [-0.05, 0) is 29.0 Å². The lowest BCUT2D eigenvalue weighted by Gasteiger charge is -2.16. The van der Waals surface area contributed by atoms with Crippen molar-refractivity contribution in [3.05, 3.63) is 5.82 Å². The monoisotopic (exact) mass is 232 g/mol. The minimum Gasteiger partial charge on any atom is -0.224 e. The molecule has 1 aliphatic rings. The Hall–Kier alpha value is -0.290. The lowest BCUT2D eigenvalue weighted by Crippen LogP contribution is -2.19. The van der Waals surface area contributed by atoms with E-state index in [9.17, 15) is 0 Å². The van der Waals surface area contributed by atoms with Crippen LogP contribution in [-0.2, 0) is 0 Å². The summed E-state index contributed by atoms with van der Waals surface area (Å²) in [5.41, 5.74) is 0. The van der Waals surface area contributed by atoms with Crippen molar-refractivity contribution >= 4 is 23.4 Å². The van der Waals surface area contributed by atoms with E-state index in [1.54, 1.807) is 0 Å². The first-order chi connectivity index (χ1) is 6.70. The van der Waals surface area contributed by atoms with Crippen molar-refractivity contribution in [3.63, 3.8) is 0 Å². The molecule has 6 heteroatoms. The molecular formula is C8H13ClN4S. The van der Waals surface area contributed by atoms with Gasteiger partial charge in [-0.25, -0.2) is 4.68 Å². The third kappa shape index (κ3) is 1.75. The quantitative estimate of drug-likeness (QED) is 0.731. The lowest BCUT2D eigenvalue weighted by atomic mass is 10.1. The Morgan fingerprint density at radius 2 is 2.36 bits per heavy atom. The molecule has 1 aliphatic heterocycles. The zero-order chi connectivity index (χ0) is 10.1. The van der Waals surface area contributed by atoms with Crippen LogP contribution in [0.25, 0.3) is 0 Å². The standard InChI is InChI=1S/C8H13ClN4S/c1-5-3-14-4-7(5)13-8(6(2)9)10-11-12-13/h5-7H,3-4H2,1-2H3. The summed E-state index contributed by atoms with van der Waals surface area (Å²) in [5.74, 6) is 3.67. The predicted octanol–water partition coefficient (Wildman–Crippen LogP) is 1.90. The van der Waals surface area contributed by atoms with Crippen LogP contribution in [0.15, 0.2) is 0 Å². The highest BCUT2D eigenvalue weighted by atomic mass is 35.5. The third-order valence-electron chi connectivity index (χ3n) is 2.51. The van der Waals surface area contributed by atoms with Gasteiger partial charge in [0.2, 0.25) is 0 Å². The van der Waals surface area contributed by atoms with Crippen molar-refractivity contribution < 1.29 is 0 Å². The molecule has 14 heavy (non-hydrogen) atoms. The smallest absolute Gasteiger partial charge is 0.169 e. The molecule has 1 saturated heterocycles. The van der Waals surface area contributed by atoms with Gasteiger partial charge in [-0.15, -0.1) is 16.7 Å². The molecule has 0 radical (unpaired) electrons. The van der Waals surface area contributed by atoms with Crippen molar-refractivity contribution in [1.82, 2.24) is 20.2 Å². The Balaban J connectivity index is 2.26. The maximum absolute atomic E-state index is 6.01. The third-order valence-corrected chi connectivity index (χ3v) is 4.05. The molecule has 3 unspecified atom stereocenters. The van der Waals surface area contributed by atoms with Gasteiger partial charge in [-0.1, -0.05) is 6.92 Å². The van der Waals surface area contributed by atoms with Gasteiger partial charge in [-0.2, -0.15) is 11.8 Å². The van der Waals surface area contributed by atoms with E-state index in [0.29, 0.717) is 12.0 Å². The number of nitrogens with zero attached hydrogens (tertiary/aromatic N) is 4. The van der Waals surface area contributed by atoms with E-state index in [4.69, 9.17) is 11.6 Å². The van der Waals surface area contributed by atoms with Crippen molar-refractivity contribution in [2.75, 3.05) is 11.5 Å². The first kappa shape index (κ1) is 10.2. The number of hydrogen-bond acceptors (Lipinski definition) is 4. The Morgan fingerprint density at radius 1 is 1.57 bits per heavy atom. The van der Waals surface area contributed by atoms with E-state index in [-0.39, 0.29) is 5.38 Å². The number of rotatable bonds is 2. The van der Waals surface area contributed by atoms with E-state index < -0.39 is 0 Å². The van der Waals surface area contributed by atoms with Crippen molar-refractivity contribution in [3.8, 4) is 0 Å². The molecule has 78 valence electrons. The molecule has 2 heterocycles. The second kappa shape index (κ2) is 4.06. The lowest BCUT2D eigenvalue weighted by molar-refractivity contribution is 0.382. The van der Waals surface area contributed by atoms with Gasteiger partial charge in [0, 0.05) is 5.75 Å². The number of halogens is 1. The van der Waals surface area contributed by atoms with Gasteiger partial charge in [0.25, 0.3) is 0 Å². The zero-order valence-electron chi connectivity index (χ0n) is 8.22. The summed E-state index contributed by atoms with van der Waals surface area (Å²) in [6, 6.07) is 0.409. The Kier molecular flexibility index (Phi) is 2.97. The van der Waals surface area contributed by atoms with Crippen LogP contribution in [0.3, 0.4) is 0 Å². The molecule has 0 aliphatic carbocycles. The number of tetrazole rings is 1. The van der Waals surface area contributed by atoms with Gasteiger partial charge < -0.3 is 0 Å². The van der Waals surface area contributed by atoms with Crippen LogP contribution in [0, 0.1) is 5.92 Å². The van der Waals surface area contributed by atoms with Crippen molar-refractivity contribution in [2.24, 2.45) is 5.92 Å². The normalized spacial score (nSPS) is 29.4. The summed E-state index contributed by atoms with van der Waals surface area (Å²) in [7, 11) is 0. The summed E-state index contributed by atoms with van der Waals surface area (Å²) in [4.78, 5) is 0. The topological polar surface area (TPSA) is 43.6 Å². The van der Waals surface area contributed by atoms with Gasteiger partial charge in [0.05, 0.1) is 11.4 Å². The predicted molar refractivity (Wildman–Crippen MR) is 57.6 cm³/mol. The molecule has 3 atom stereocenters. The minimum atomic E-state index is -0.122. The fraction of sp³-hybridized carbons (Fsp3) is 0.875. The summed E-state index contributed by atoms with van der Waals surface area (Å²) in [6.07, 6.45) is 0. The average molecular weight is 233 g/mol. The van der Waals surface area contributed by atoms with E-state index in [1.807, 2.05) is 23.4 Å². The van der Waals surface area contributed by atoms with Crippen molar-refractivity contribution in [1.29, 1.82) is 0 Å². The summed E-state index contributed by atoms with van der Waals surface area (Å²) in [6.45, 7) is 4.13. The molecule has 0 bridgehead atoms. The summed E-state index contributed by atoms with van der Waals surface area (Å²) < 4.78 is 1.89. The Labute approximate surface area is 92.4 Å². The van der Waals surface area contributed by atoms with Crippen LogP contribution < -0.4 is 0 Å². The van der Waals surface area contributed by atoms with Crippen LogP contribution in [-0.4, -0.2) is 31.7 Å². The summed E-state index contributed by atoms with van der Waals surface area (Å²) in [5, 5.41) is 11.6. The van der Waals surface area contributed by atoms with E-state index >= 15 is 0 Å². The number of aromatic nitrogens is 4. The fourth-order valence-electron chi connectivity index (χ4n) is 1.66. The molecular weight excluding hydrogens is 220 g/mol. The molecule has 0 spiro atoms. The molecule has 2 rings (SSSR count). The average Bonchev–Trinajstić information content (AvgIpc) is 2.70. The van der Waals surface area contributed by atoms with Crippen molar-refractivity contribution in [2.45, 2.75) is 25.3 Å². The Bertz CT molecular complexity index is 314. The van der Waals surface area contributed by atoms with E-state index in [0.717, 1.165) is 11.6 Å². The number of thioether (sulfide) groups is 1. The van der Waals surface area contributed by atoms with E-state index in [1.165, 1.54) is 5.75 Å². The molecule has 0 amide bonds. The van der Waals surface area contributed by atoms with Gasteiger partial charge in [0.1, 0.15) is 0 Å². The highest BCUT2D eigenvalue weighted by Crippen LogP contribution is 2.34. The largest absolute Gasteiger partial charge is 0.224 e. The highest BCUT2D eigenvalue weighted by Gasteiger charge is 2.29. The molecule has 4 nitrogen and oxygen atoms in total. The maximum atomic E-state index is 6.01. The number of hydrogen-bond donors (Lipinski definition) is 0. The minimum absolute atomic E-state index is 0.122.